The topological polar surface area (TPSA) is 42.2 Å². The van der Waals surface area contributed by atoms with E-state index >= 15 is 0 Å². The van der Waals surface area contributed by atoms with Crippen LogP contribution in [0.5, 0.6) is 0 Å². The molecule has 3 heteroatoms. The van der Waals surface area contributed by atoms with E-state index in [0.29, 0.717) is 12.1 Å². The summed E-state index contributed by atoms with van der Waals surface area (Å²) in [6, 6.07) is 13.6. The molecule has 96 valence electrons. The minimum atomic E-state index is -0.296. The summed E-state index contributed by atoms with van der Waals surface area (Å²) in [5.41, 5.74) is 1.35. The maximum absolute atomic E-state index is 11.6. The van der Waals surface area contributed by atoms with Crippen LogP contribution in [0, 0.1) is 0 Å². The van der Waals surface area contributed by atoms with Gasteiger partial charge in [-0.2, -0.15) is 0 Å². The maximum Gasteiger partial charge on any atom is 0.336 e. The highest BCUT2D eigenvalue weighted by atomic mass is 16.4. The standard InChI is InChI=1S/C16H15NO2/c1-2-17-10-12-9-15(18)19-14-8-7-11-5-3-4-6-13(11)16(12)14/h3-9,17H,2,10H2,1H3. The van der Waals surface area contributed by atoms with Crippen molar-refractivity contribution in [2.24, 2.45) is 0 Å². The van der Waals surface area contributed by atoms with Gasteiger partial charge in [0.25, 0.3) is 0 Å². The Morgan fingerprint density at radius 2 is 2.00 bits per heavy atom. The molecular weight excluding hydrogens is 238 g/mol. The lowest BCUT2D eigenvalue weighted by molar-refractivity contribution is 0.557. The van der Waals surface area contributed by atoms with E-state index in [1.54, 1.807) is 6.07 Å². The summed E-state index contributed by atoms with van der Waals surface area (Å²) >= 11 is 0. The van der Waals surface area contributed by atoms with Crippen LogP contribution in [0.4, 0.5) is 0 Å². The van der Waals surface area contributed by atoms with Crippen molar-refractivity contribution in [2.75, 3.05) is 6.54 Å². The third-order valence-electron chi connectivity index (χ3n) is 3.28. The van der Waals surface area contributed by atoms with Crippen molar-refractivity contribution in [2.45, 2.75) is 13.5 Å². The number of fused-ring (bicyclic) bond motifs is 3. The molecule has 0 unspecified atom stereocenters. The molecule has 0 saturated heterocycles. The SMILES string of the molecule is CCNCc1cc(=O)oc2ccc3ccccc3c12. The summed E-state index contributed by atoms with van der Waals surface area (Å²) in [5, 5.41) is 6.57. The lowest BCUT2D eigenvalue weighted by atomic mass is 10.0. The quantitative estimate of drug-likeness (QED) is 0.576. The zero-order chi connectivity index (χ0) is 13.2. The van der Waals surface area contributed by atoms with Gasteiger partial charge < -0.3 is 9.73 Å². The van der Waals surface area contributed by atoms with Gasteiger partial charge >= 0.3 is 5.63 Å². The van der Waals surface area contributed by atoms with E-state index in [1.807, 2.05) is 31.2 Å². The molecule has 3 rings (SSSR count). The lowest BCUT2D eigenvalue weighted by Crippen LogP contribution is -2.14. The molecule has 0 aliphatic rings. The van der Waals surface area contributed by atoms with Crippen LogP contribution in [0.25, 0.3) is 21.7 Å². The Bertz CT molecular complexity index is 789. The highest BCUT2D eigenvalue weighted by Gasteiger charge is 2.08. The molecular formula is C16H15NO2. The van der Waals surface area contributed by atoms with Gasteiger partial charge in [0.15, 0.2) is 0 Å². The van der Waals surface area contributed by atoms with Gasteiger partial charge in [0.05, 0.1) is 0 Å². The van der Waals surface area contributed by atoms with Crippen molar-refractivity contribution in [3.8, 4) is 0 Å². The molecule has 19 heavy (non-hydrogen) atoms. The van der Waals surface area contributed by atoms with Crippen LogP contribution in [-0.2, 0) is 6.54 Å². The maximum atomic E-state index is 11.6. The fraction of sp³-hybridized carbons (Fsp3) is 0.188. The van der Waals surface area contributed by atoms with Crippen molar-refractivity contribution in [3.05, 3.63) is 58.4 Å². The summed E-state index contributed by atoms with van der Waals surface area (Å²) in [7, 11) is 0. The van der Waals surface area contributed by atoms with E-state index in [1.165, 1.54) is 0 Å². The minimum absolute atomic E-state index is 0.296. The fourth-order valence-electron chi connectivity index (χ4n) is 2.42. The van der Waals surface area contributed by atoms with Crippen molar-refractivity contribution < 1.29 is 4.42 Å². The van der Waals surface area contributed by atoms with Gasteiger partial charge in [0, 0.05) is 18.0 Å². The van der Waals surface area contributed by atoms with Gasteiger partial charge in [-0.05, 0) is 28.9 Å². The lowest BCUT2D eigenvalue weighted by Gasteiger charge is -2.08. The van der Waals surface area contributed by atoms with Crippen LogP contribution in [-0.4, -0.2) is 6.54 Å². The number of nitrogens with one attached hydrogen (secondary N) is 1. The van der Waals surface area contributed by atoms with E-state index in [2.05, 4.69) is 17.4 Å². The van der Waals surface area contributed by atoms with Crippen LogP contribution in [0.3, 0.4) is 0 Å². The molecule has 1 aromatic heterocycles. The third kappa shape index (κ3) is 2.13. The number of benzene rings is 2. The molecule has 0 spiro atoms. The van der Waals surface area contributed by atoms with E-state index in [9.17, 15) is 4.79 Å². The molecule has 1 N–H and O–H groups in total. The van der Waals surface area contributed by atoms with E-state index in [0.717, 1.165) is 28.3 Å². The molecule has 1 heterocycles. The molecule has 0 bridgehead atoms. The van der Waals surface area contributed by atoms with E-state index < -0.39 is 0 Å². The molecule has 0 aliphatic carbocycles. The Kier molecular flexibility index (Phi) is 3.05. The average Bonchev–Trinajstić information content (AvgIpc) is 2.44. The van der Waals surface area contributed by atoms with Crippen LogP contribution in [0.1, 0.15) is 12.5 Å². The first kappa shape index (κ1) is 11.9. The van der Waals surface area contributed by atoms with Crippen LogP contribution >= 0.6 is 0 Å². The predicted octanol–water partition coefficient (Wildman–Crippen LogP) is 3.06. The first-order valence-corrected chi connectivity index (χ1v) is 6.45. The first-order chi connectivity index (χ1) is 9.29. The summed E-state index contributed by atoms with van der Waals surface area (Å²) in [6.07, 6.45) is 0. The molecule has 0 atom stereocenters. The molecule has 0 amide bonds. The minimum Gasteiger partial charge on any atom is -0.423 e. The first-order valence-electron chi connectivity index (χ1n) is 6.45. The largest absolute Gasteiger partial charge is 0.423 e. The summed E-state index contributed by atoms with van der Waals surface area (Å²) in [5.74, 6) is 0. The molecule has 0 radical (unpaired) electrons. The van der Waals surface area contributed by atoms with Gasteiger partial charge in [-0.1, -0.05) is 37.3 Å². The smallest absolute Gasteiger partial charge is 0.336 e. The van der Waals surface area contributed by atoms with Crippen molar-refractivity contribution >= 4 is 21.7 Å². The Balaban J connectivity index is 2.38. The molecule has 0 saturated carbocycles. The third-order valence-corrected chi connectivity index (χ3v) is 3.28. The van der Waals surface area contributed by atoms with Gasteiger partial charge in [0.2, 0.25) is 0 Å². The van der Waals surface area contributed by atoms with Crippen molar-refractivity contribution in [1.29, 1.82) is 0 Å². The van der Waals surface area contributed by atoms with Crippen LogP contribution in [0.2, 0.25) is 0 Å². The summed E-state index contributed by atoms with van der Waals surface area (Å²) < 4.78 is 5.31. The molecule has 3 aromatic rings. The Labute approximate surface area is 110 Å². The van der Waals surface area contributed by atoms with Crippen molar-refractivity contribution in [3.63, 3.8) is 0 Å². The normalized spacial score (nSPS) is 11.2. The molecule has 0 aliphatic heterocycles. The average molecular weight is 253 g/mol. The van der Waals surface area contributed by atoms with Gasteiger partial charge in [0.1, 0.15) is 5.58 Å². The zero-order valence-corrected chi connectivity index (χ0v) is 10.8. The van der Waals surface area contributed by atoms with Crippen molar-refractivity contribution in [1.82, 2.24) is 5.32 Å². The Morgan fingerprint density at radius 3 is 2.84 bits per heavy atom. The monoisotopic (exact) mass is 253 g/mol. The zero-order valence-electron chi connectivity index (χ0n) is 10.8. The second kappa shape index (κ2) is 4.86. The van der Waals surface area contributed by atoms with Crippen LogP contribution < -0.4 is 10.9 Å². The fourth-order valence-corrected chi connectivity index (χ4v) is 2.42. The highest BCUT2D eigenvalue weighted by molar-refractivity contribution is 6.07. The van der Waals surface area contributed by atoms with Gasteiger partial charge in [-0.25, -0.2) is 4.79 Å². The molecule has 3 nitrogen and oxygen atoms in total. The number of hydrogen-bond donors (Lipinski definition) is 1. The van der Waals surface area contributed by atoms with E-state index in [-0.39, 0.29) is 5.63 Å². The Hall–Kier alpha value is -2.13. The second-order valence-electron chi connectivity index (χ2n) is 4.53. The molecule has 0 fully saturated rings. The highest BCUT2D eigenvalue weighted by Crippen LogP contribution is 2.27. The van der Waals surface area contributed by atoms with Gasteiger partial charge in [-0.3, -0.25) is 0 Å². The Morgan fingerprint density at radius 1 is 1.16 bits per heavy atom. The predicted molar refractivity (Wildman–Crippen MR) is 77.4 cm³/mol. The number of hydrogen-bond acceptors (Lipinski definition) is 3. The molecule has 2 aromatic carbocycles. The van der Waals surface area contributed by atoms with E-state index in [4.69, 9.17) is 4.42 Å². The summed E-state index contributed by atoms with van der Waals surface area (Å²) in [4.78, 5) is 11.6. The second-order valence-corrected chi connectivity index (χ2v) is 4.53. The van der Waals surface area contributed by atoms with Crippen LogP contribution in [0.15, 0.2) is 51.7 Å². The summed E-state index contributed by atoms with van der Waals surface area (Å²) in [6.45, 7) is 3.59. The number of rotatable bonds is 3. The van der Waals surface area contributed by atoms with Gasteiger partial charge in [-0.15, -0.1) is 0 Å².